The molecule has 11 heteroatoms. The molecule has 0 unspecified atom stereocenters. The topological polar surface area (TPSA) is 101 Å². The lowest BCUT2D eigenvalue weighted by Gasteiger charge is -2.09. The third kappa shape index (κ3) is 5.46. The Labute approximate surface area is 160 Å². The molecule has 136 valence electrons. The van der Waals surface area contributed by atoms with E-state index in [1.54, 1.807) is 0 Å². The number of sulfone groups is 2. The zero-order chi connectivity index (χ0) is 19.0. The van der Waals surface area contributed by atoms with Crippen molar-refractivity contribution in [2.45, 2.75) is 16.5 Å². The van der Waals surface area contributed by atoms with Gasteiger partial charge >= 0.3 is 0 Å². The van der Waals surface area contributed by atoms with Gasteiger partial charge in [-0.3, -0.25) is 0 Å². The Morgan fingerprint density at radius 1 is 0.960 bits per heavy atom. The molecule has 0 fully saturated rings. The van der Waals surface area contributed by atoms with Crippen molar-refractivity contribution in [2.24, 2.45) is 0 Å². The van der Waals surface area contributed by atoms with Crippen LogP contribution in [-0.4, -0.2) is 33.2 Å². The van der Waals surface area contributed by atoms with Gasteiger partial charge in [0.1, 0.15) is 5.75 Å². The molecule has 1 aromatic carbocycles. The maximum absolute atomic E-state index is 12.4. The van der Waals surface area contributed by atoms with E-state index in [4.69, 9.17) is 34.8 Å². The first-order valence-corrected chi connectivity index (χ1v) is 11.5. The first-order valence-electron chi connectivity index (χ1n) is 6.61. The van der Waals surface area contributed by atoms with Crippen LogP contribution in [0.4, 0.5) is 0 Å². The molecule has 1 aromatic heterocycles. The second-order valence-electron chi connectivity index (χ2n) is 5.32. The Bertz CT molecular complexity index is 1020. The Hall–Kier alpha value is -1.06. The summed E-state index contributed by atoms with van der Waals surface area (Å²) in [5.41, 5.74) is 0.0484. The number of benzene rings is 1. The maximum atomic E-state index is 12.4. The third-order valence-electron chi connectivity index (χ3n) is 3.02. The van der Waals surface area contributed by atoms with Crippen LogP contribution in [0.2, 0.25) is 15.1 Å². The van der Waals surface area contributed by atoms with Crippen LogP contribution in [0.3, 0.4) is 0 Å². The van der Waals surface area contributed by atoms with E-state index >= 15 is 0 Å². The van der Waals surface area contributed by atoms with E-state index in [1.165, 1.54) is 18.2 Å². The van der Waals surface area contributed by atoms with Gasteiger partial charge < -0.3 is 5.11 Å². The molecular weight excluding hydrogens is 433 g/mol. The number of halogens is 3. The summed E-state index contributed by atoms with van der Waals surface area (Å²) < 4.78 is 48.0. The molecule has 1 N–H and O–H groups in total. The van der Waals surface area contributed by atoms with Crippen molar-refractivity contribution in [3.05, 3.63) is 50.6 Å². The van der Waals surface area contributed by atoms with Gasteiger partial charge in [-0.25, -0.2) is 21.8 Å². The smallest absolute Gasteiger partial charge is 0.194 e. The Balaban J connectivity index is 2.37. The summed E-state index contributed by atoms with van der Waals surface area (Å²) in [5, 5.41) is 9.63. The first-order chi connectivity index (χ1) is 11.4. The fraction of sp³-hybridized carbons (Fsp3) is 0.214. The average molecular weight is 445 g/mol. The van der Waals surface area contributed by atoms with Crippen molar-refractivity contribution in [3.63, 3.8) is 0 Å². The Morgan fingerprint density at radius 3 is 2.04 bits per heavy atom. The van der Waals surface area contributed by atoms with Crippen molar-refractivity contribution in [2.75, 3.05) is 6.26 Å². The Morgan fingerprint density at radius 2 is 1.52 bits per heavy atom. The second-order valence-corrected chi connectivity index (χ2v) is 10.6. The van der Waals surface area contributed by atoms with Crippen LogP contribution in [0.5, 0.6) is 5.75 Å². The van der Waals surface area contributed by atoms with E-state index < -0.39 is 42.0 Å². The molecule has 0 radical (unpaired) electrons. The Kier molecular flexibility index (Phi) is 5.90. The van der Waals surface area contributed by atoms with Gasteiger partial charge in [-0.15, -0.1) is 0 Å². The van der Waals surface area contributed by atoms with Gasteiger partial charge in [0.05, 0.1) is 22.2 Å². The van der Waals surface area contributed by atoms with Crippen LogP contribution < -0.4 is 0 Å². The summed E-state index contributed by atoms with van der Waals surface area (Å²) in [6.45, 7) is 0. The van der Waals surface area contributed by atoms with E-state index in [0.717, 1.165) is 12.3 Å². The molecule has 0 aliphatic heterocycles. The monoisotopic (exact) mass is 443 g/mol. The molecule has 25 heavy (non-hydrogen) atoms. The lowest BCUT2D eigenvalue weighted by Crippen LogP contribution is -2.11. The molecule has 0 saturated carbocycles. The largest absolute Gasteiger partial charge is 0.506 e. The highest BCUT2D eigenvalue weighted by Crippen LogP contribution is 2.28. The quantitative estimate of drug-likeness (QED) is 0.759. The fourth-order valence-corrected chi connectivity index (χ4v) is 5.30. The highest BCUT2D eigenvalue weighted by atomic mass is 35.5. The summed E-state index contributed by atoms with van der Waals surface area (Å²) in [4.78, 5) is 3.70. The normalized spacial score (nSPS) is 12.3. The standard InChI is InChI=1S/C14H12Cl3NO5S2/c1-24(20,21)14-11(17)5-13(19)12(18-14)7-25(22,23)6-8-2-9(15)4-10(16)3-8/h2-5,19H,6-7H2,1H3. The van der Waals surface area contributed by atoms with Crippen LogP contribution in [0.15, 0.2) is 29.3 Å². The van der Waals surface area contributed by atoms with Crippen molar-refractivity contribution in [1.82, 2.24) is 4.98 Å². The van der Waals surface area contributed by atoms with Crippen molar-refractivity contribution in [1.29, 1.82) is 0 Å². The number of aromatic hydroxyl groups is 1. The van der Waals surface area contributed by atoms with Crippen molar-refractivity contribution >= 4 is 54.5 Å². The summed E-state index contributed by atoms with van der Waals surface area (Å²) in [6, 6.07) is 5.31. The van der Waals surface area contributed by atoms with E-state index in [9.17, 15) is 21.9 Å². The molecule has 2 aromatic rings. The maximum Gasteiger partial charge on any atom is 0.194 e. The molecular formula is C14H12Cl3NO5S2. The minimum atomic E-state index is -3.80. The number of nitrogens with zero attached hydrogens (tertiary/aromatic N) is 1. The molecule has 2 rings (SSSR count). The van der Waals surface area contributed by atoms with Crippen LogP contribution in [0, 0.1) is 0 Å². The summed E-state index contributed by atoms with van der Waals surface area (Å²) in [6.07, 6.45) is 0.879. The van der Waals surface area contributed by atoms with Crippen molar-refractivity contribution in [3.8, 4) is 5.75 Å². The molecule has 0 aliphatic rings. The lowest BCUT2D eigenvalue weighted by atomic mass is 10.2. The fourth-order valence-electron chi connectivity index (χ4n) is 2.07. The minimum absolute atomic E-state index is 0.282. The van der Waals surface area contributed by atoms with Gasteiger partial charge in [-0.2, -0.15) is 0 Å². The molecule has 0 saturated heterocycles. The van der Waals surface area contributed by atoms with Crippen LogP contribution in [-0.2, 0) is 31.2 Å². The van der Waals surface area contributed by atoms with Crippen LogP contribution >= 0.6 is 34.8 Å². The van der Waals surface area contributed by atoms with E-state index in [-0.39, 0.29) is 20.8 Å². The summed E-state index contributed by atoms with van der Waals surface area (Å²) in [7, 11) is -7.58. The SMILES string of the molecule is CS(=O)(=O)c1nc(CS(=O)(=O)Cc2cc(Cl)cc(Cl)c2)c(O)cc1Cl. The van der Waals surface area contributed by atoms with Crippen LogP contribution in [0.25, 0.3) is 0 Å². The number of aromatic nitrogens is 1. The predicted molar refractivity (Wildman–Crippen MR) is 96.8 cm³/mol. The third-order valence-corrected chi connectivity index (χ3v) is 6.35. The molecule has 0 atom stereocenters. The number of pyridine rings is 1. The van der Waals surface area contributed by atoms with Gasteiger partial charge in [0.25, 0.3) is 0 Å². The highest BCUT2D eigenvalue weighted by molar-refractivity contribution is 7.90. The van der Waals surface area contributed by atoms with Crippen molar-refractivity contribution < 1.29 is 21.9 Å². The van der Waals surface area contributed by atoms with E-state index in [0.29, 0.717) is 5.56 Å². The zero-order valence-corrected chi connectivity index (χ0v) is 16.6. The van der Waals surface area contributed by atoms with Crippen LogP contribution in [0.1, 0.15) is 11.3 Å². The highest BCUT2D eigenvalue weighted by Gasteiger charge is 2.22. The van der Waals surface area contributed by atoms with Gasteiger partial charge in [0, 0.05) is 22.4 Å². The van der Waals surface area contributed by atoms with Gasteiger partial charge in [0.15, 0.2) is 24.7 Å². The van der Waals surface area contributed by atoms with E-state index in [1.807, 2.05) is 0 Å². The molecule has 0 amide bonds. The van der Waals surface area contributed by atoms with Gasteiger partial charge in [-0.05, 0) is 23.8 Å². The molecule has 0 spiro atoms. The second kappa shape index (κ2) is 7.28. The average Bonchev–Trinajstić information content (AvgIpc) is 2.38. The molecule has 6 nitrogen and oxygen atoms in total. The molecule has 0 aliphatic carbocycles. The zero-order valence-electron chi connectivity index (χ0n) is 12.7. The predicted octanol–water partition coefficient (Wildman–Crippen LogP) is 3.27. The summed E-state index contributed by atoms with van der Waals surface area (Å²) in [5.74, 6) is -1.60. The lowest BCUT2D eigenvalue weighted by molar-refractivity contribution is 0.464. The van der Waals surface area contributed by atoms with Gasteiger partial charge in [0.2, 0.25) is 0 Å². The minimum Gasteiger partial charge on any atom is -0.506 e. The number of rotatable bonds is 5. The van der Waals surface area contributed by atoms with Gasteiger partial charge in [-0.1, -0.05) is 34.8 Å². The first kappa shape index (κ1) is 20.3. The number of hydrogen-bond donors (Lipinski definition) is 1. The molecule has 0 bridgehead atoms. The van der Waals surface area contributed by atoms with E-state index in [2.05, 4.69) is 4.98 Å². The molecule has 1 heterocycles. The summed E-state index contributed by atoms with van der Waals surface area (Å²) >= 11 is 17.4. The number of hydrogen-bond acceptors (Lipinski definition) is 6.